The molecule has 1 radical (unpaired) electrons. The topological polar surface area (TPSA) is 80.0 Å². The second-order valence-electron chi connectivity index (χ2n) is 6.30. The highest BCUT2D eigenvalue weighted by Crippen LogP contribution is 2.31. The van der Waals surface area contributed by atoms with E-state index in [-0.39, 0.29) is 17.2 Å². The van der Waals surface area contributed by atoms with Crippen molar-refractivity contribution in [3.8, 4) is 11.8 Å². The zero-order chi connectivity index (χ0) is 18.7. The number of carbonyl (C=O) groups excluding carboxylic acids is 1. The van der Waals surface area contributed by atoms with Crippen molar-refractivity contribution < 1.29 is 14.3 Å². The van der Waals surface area contributed by atoms with E-state index in [9.17, 15) is 14.3 Å². The van der Waals surface area contributed by atoms with E-state index >= 15 is 0 Å². The number of nitrogens with zero attached hydrogens (tertiary/aromatic N) is 3. The fraction of sp³-hybridized carbons (Fsp3) is 0.368. The zero-order valence-electron chi connectivity index (χ0n) is 14.4. The number of alkyl halides is 1. The lowest BCUT2D eigenvalue weighted by atomic mass is 10.1. The van der Waals surface area contributed by atoms with Crippen molar-refractivity contribution in [3.63, 3.8) is 0 Å². The number of hydrogen-bond acceptors (Lipinski definition) is 5. The molecule has 1 aliphatic carbocycles. The molecule has 0 aliphatic heterocycles. The second-order valence-corrected chi connectivity index (χ2v) is 6.30. The third-order valence-electron chi connectivity index (χ3n) is 4.48. The first-order valence-corrected chi connectivity index (χ1v) is 8.33. The third kappa shape index (κ3) is 3.60. The fourth-order valence-electron chi connectivity index (χ4n) is 3.02. The molecular formula is C19H20FN4O2. The zero-order valence-corrected chi connectivity index (χ0v) is 14.4. The summed E-state index contributed by atoms with van der Waals surface area (Å²) in [4.78, 5) is 20.8. The number of aliphatic hydroxyl groups is 1. The quantitative estimate of drug-likeness (QED) is 0.632. The van der Waals surface area contributed by atoms with Gasteiger partial charge < -0.3 is 15.0 Å². The number of anilines is 1. The van der Waals surface area contributed by atoms with E-state index in [2.05, 4.69) is 34.0 Å². The highest BCUT2D eigenvalue weighted by atomic mass is 19.1. The summed E-state index contributed by atoms with van der Waals surface area (Å²) >= 11 is 0. The molecule has 135 valence electrons. The van der Waals surface area contributed by atoms with Gasteiger partial charge in [-0.25, -0.2) is 14.4 Å². The van der Waals surface area contributed by atoms with Crippen LogP contribution in [0, 0.1) is 24.7 Å². The van der Waals surface area contributed by atoms with E-state index < -0.39 is 24.2 Å². The first-order valence-electron chi connectivity index (χ1n) is 8.33. The molecule has 0 unspecified atom stereocenters. The van der Waals surface area contributed by atoms with Gasteiger partial charge in [-0.15, -0.1) is 5.92 Å². The summed E-state index contributed by atoms with van der Waals surface area (Å²) in [6.07, 6.45) is 3.93. The van der Waals surface area contributed by atoms with E-state index in [1.807, 2.05) is 0 Å². The van der Waals surface area contributed by atoms with Gasteiger partial charge in [0.05, 0.1) is 24.3 Å². The maximum atomic E-state index is 14.2. The van der Waals surface area contributed by atoms with E-state index in [0.717, 1.165) is 0 Å². The minimum atomic E-state index is -1.47. The number of aliphatic hydroxyl groups excluding tert-OH is 1. The van der Waals surface area contributed by atoms with Gasteiger partial charge in [-0.2, -0.15) is 0 Å². The summed E-state index contributed by atoms with van der Waals surface area (Å²) in [7, 11) is 0. The maximum Gasteiger partial charge on any atom is 0.199 e. The Balaban J connectivity index is 1.81. The van der Waals surface area contributed by atoms with Crippen LogP contribution in [-0.4, -0.2) is 43.7 Å². The van der Waals surface area contributed by atoms with Gasteiger partial charge >= 0.3 is 0 Å². The van der Waals surface area contributed by atoms with E-state index in [1.54, 1.807) is 30.0 Å². The molecule has 0 aromatic carbocycles. The lowest BCUT2D eigenvalue weighted by Crippen LogP contribution is -2.32. The van der Waals surface area contributed by atoms with Gasteiger partial charge in [0, 0.05) is 24.2 Å². The molecular weight excluding hydrogens is 335 g/mol. The van der Waals surface area contributed by atoms with Crippen LogP contribution in [0.2, 0.25) is 0 Å². The number of hydrogen-bond donors (Lipinski definition) is 2. The Morgan fingerprint density at radius 1 is 1.58 bits per heavy atom. The van der Waals surface area contributed by atoms with E-state index in [0.29, 0.717) is 18.5 Å². The summed E-state index contributed by atoms with van der Waals surface area (Å²) < 4.78 is 16.0. The van der Waals surface area contributed by atoms with Gasteiger partial charge in [0.25, 0.3) is 0 Å². The van der Waals surface area contributed by atoms with Crippen LogP contribution in [0.5, 0.6) is 0 Å². The molecule has 6 nitrogen and oxygen atoms in total. The Morgan fingerprint density at radius 3 is 3.08 bits per heavy atom. The van der Waals surface area contributed by atoms with Crippen molar-refractivity contribution >= 4 is 11.6 Å². The average Bonchev–Trinajstić information content (AvgIpc) is 3.21. The van der Waals surface area contributed by atoms with Crippen molar-refractivity contribution in [1.29, 1.82) is 0 Å². The Kier molecular flexibility index (Phi) is 5.33. The second kappa shape index (κ2) is 7.67. The molecule has 1 aliphatic rings. The summed E-state index contributed by atoms with van der Waals surface area (Å²) in [6.45, 7) is 6.00. The SMILES string of the molecule is [CH2][C@@H]1C[C@@H](Nc2ncncc2C(=O)c2ccn(CC#CC)c2)[C@@H](F)[C@@H]1O. The highest BCUT2D eigenvalue weighted by molar-refractivity contribution is 6.11. The van der Waals surface area contributed by atoms with Crippen molar-refractivity contribution in [2.75, 3.05) is 5.32 Å². The highest BCUT2D eigenvalue weighted by Gasteiger charge is 2.41. The van der Waals surface area contributed by atoms with E-state index in [1.165, 1.54) is 12.5 Å². The van der Waals surface area contributed by atoms with Crippen molar-refractivity contribution in [1.82, 2.24) is 14.5 Å². The Hall–Kier alpha value is -2.72. The van der Waals surface area contributed by atoms with Crippen LogP contribution in [0.25, 0.3) is 0 Å². The molecule has 0 amide bonds. The molecule has 0 saturated heterocycles. The summed E-state index contributed by atoms with van der Waals surface area (Å²) in [5.74, 6) is 5.30. The number of halogens is 1. The standard InChI is InChI=1S/C19H20FN4O2/c1-3-4-6-24-7-5-13(10-24)18(26)14-9-21-11-22-19(14)23-15-8-12(2)17(25)16(15)20/h5,7,9-12,15-17,25H,2,6,8H2,1H3,(H,21,22,23)/t12-,15-,16-,17-/m1/s1. The fourth-order valence-corrected chi connectivity index (χ4v) is 3.02. The predicted octanol–water partition coefficient (Wildman–Crippen LogP) is 1.87. The normalized spacial score (nSPS) is 24.8. The van der Waals surface area contributed by atoms with Gasteiger partial charge in [0.2, 0.25) is 0 Å². The van der Waals surface area contributed by atoms with Gasteiger partial charge in [0.1, 0.15) is 18.3 Å². The van der Waals surface area contributed by atoms with Crippen LogP contribution >= 0.6 is 0 Å². The van der Waals surface area contributed by atoms with Crippen LogP contribution in [0.4, 0.5) is 10.2 Å². The molecule has 26 heavy (non-hydrogen) atoms. The van der Waals surface area contributed by atoms with Crippen molar-refractivity contribution in [3.05, 3.63) is 49.0 Å². The first-order chi connectivity index (χ1) is 12.5. The Bertz CT molecular complexity index is 854. The number of rotatable bonds is 5. The molecule has 4 atom stereocenters. The summed E-state index contributed by atoms with van der Waals surface area (Å²) in [6, 6.07) is 1.04. The predicted molar refractivity (Wildman–Crippen MR) is 95.1 cm³/mol. The van der Waals surface area contributed by atoms with Crippen LogP contribution in [-0.2, 0) is 6.54 Å². The molecule has 7 heteroatoms. The van der Waals surface area contributed by atoms with E-state index in [4.69, 9.17) is 0 Å². The van der Waals surface area contributed by atoms with Crippen LogP contribution in [0.3, 0.4) is 0 Å². The smallest absolute Gasteiger partial charge is 0.199 e. The molecule has 2 N–H and O–H groups in total. The van der Waals surface area contributed by atoms with Crippen molar-refractivity contribution in [2.45, 2.75) is 38.2 Å². The average molecular weight is 355 g/mol. The number of aromatic nitrogens is 3. The van der Waals surface area contributed by atoms with Gasteiger partial charge in [-0.1, -0.05) is 5.92 Å². The minimum Gasteiger partial charge on any atom is -0.390 e. The van der Waals surface area contributed by atoms with Gasteiger partial charge in [-0.3, -0.25) is 4.79 Å². The summed E-state index contributed by atoms with van der Waals surface area (Å²) in [5, 5.41) is 12.7. The van der Waals surface area contributed by atoms with Crippen LogP contribution in [0.15, 0.2) is 31.0 Å². The molecule has 1 saturated carbocycles. The molecule has 2 aromatic rings. The monoisotopic (exact) mass is 355 g/mol. The largest absolute Gasteiger partial charge is 0.390 e. The lowest BCUT2D eigenvalue weighted by Gasteiger charge is -2.18. The number of carbonyl (C=O) groups is 1. The molecule has 3 rings (SSSR count). The molecule has 2 aromatic heterocycles. The lowest BCUT2D eigenvalue weighted by molar-refractivity contribution is 0.0793. The van der Waals surface area contributed by atoms with Gasteiger partial charge in [0.15, 0.2) is 5.78 Å². The van der Waals surface area contributed by atoms with Crippen molar-refractivity contribution in [2.24, 2.45) is 5.92 Å². The Labute approximate surface area is 151 Å². The number of ketones is 1. The number of nitrogens with one attached hydrogen (secondary N) is 1. The molecule has 1 fully saturated rings. The summed E-state index contributed by atoms with van der Waals surface area (Å²) in [5.41, 5.74) is 0.722. The third-order valence-corrected chi connectivity index (χ3v) is 4.48. The maximum absolute atomic E-state index is 14.2. The van der Waals surface area contributed by atoms with Gasteiger partial charge in [-0.05, 0) is 32.3 Å². The Morgan fingerprint density at radius 2 is 2.38 bits per heavy atom. The molecule has 0 bridgehead atoms. The molecule has 2 heterocycles. The van der Waals surface area contributed by atoms with Crippen LogP contribution < -0.4 is 5.32 Å². The first kappa shape index (κ1) is 18.1. The van der Waals surface area contributed by atoms with Crippen LogP contribution in [0.1, 0.15) is 29.3 Å². The minimum absolute atomic E-state index is 0.250. The molecule has 0 spiro atoms.